The van der Waals surface area contributed by atoms with E-state index in [1.165, 1.54) is 20.3 Å². The van der Waals surface area contributed by atoms with Gasteiger partial charge >= 0.3 is 11.9 Å². The predicted octanol–water partition coefficient (Wildman–Crippen LogP) is 3.23. The number of hydrogen-bond acceptors (Lipinski definition) is 6. The van der Waals surface area contributed by atoms with Gasteiger partial charge in [-0.05, 0) is 42.5 Å². The smallest absolute Gasteiger partial charge is 0.343 e. The lowest BCUT2D eigenvalue weighted by Crippen LogP contribution is -2.14. The number of hydrogen-bond donors (Lipinski definition) is 0. The van der Waals surface area contributed by atoms with E-state index in [0.717, 1.165) is 4.47 Å². The number of halogens is 1. The fourth-order valence-corrected chi connectivity index (χ4v) is 2.05. The zero-order valence-corrected chi connectivity index (χ0v) is 14.7. The molecule has 0 aliphatic rings. The van der Waals surface area contributed by atoms with E-state index < -0.39 is 11.9 Å². The van der Waals surface area contributed by atoms with Crippen LogP contribution in [-0.2, 0) is 9.53 Å². The minimum atomic E-state index is -0.553. The quantitative estimate of drug-likeness (QED) is 0.553. The van der Waals surface area contributed by atoms with E-state index in [4.69, 9.17) is 14.2 Å². The van der Waals surface area contributed by atoms with Gasteiger partial charge in [0.15, 0.2) is 18.1 Å². The van der Waals surface area contributed by atoms with Crippen molar-refractivity contribution in [1.82, 2.24) is 0 Å². The summed E-state index contributed by atoms with van der Waals surface area (Å²) in [6.07, 6.45) is 0. The topological polar surface area (TPSA) is 71.1 Å². The maximum atomic E-state index is 12.2. The van der Waals surface area contributed by atoms with Gasteiger partial charge in [0, 0.05) is 4.47 Å². The maximum Gasteiger partial charge on any atom is 0.343 e. The lowest BCUT2D eigenvalue weighted by atomic mass is 10.2. The van der Waals surface area contributed by atoms with Crippen LogP contribution in [0.5, 0.6) is 17.2 Å². The highest BCUT2D eigenvalue weighted by molar-refractivity contribution is 9.10. The molecule has 0 unspecified atom stereocenters. The minimum Gasteiger partial charge on any atom is -0.493 e. The summed E-state index contributed by atoms with van der Waals surface area (Å²) in [4.78, 5) is 23.4. The van der Waals surface area contributed by atoms with Crippen LogP contribution in [0.3, 0.4) is 0 Å². The number of carbonyl (C=O) groups excluding carboxylic acids is 2. The first kappa shape index (κ1) is 17.8. The van der Waals surface area contributed by atoms with Crippen molar-refractivity contribution in [2.24, 2.45) is 0 Å². The zero-order chi connectivity index (χ0) is 17.5. The van der Waals surface area contributed by atoms with Gasteiger partial charge in [-0.2, -0.15) is 0 Å². The van der Waals surface area contributed by atoms with Gasteiger partial charge in [0.2, 0.25) is 0 Å². The third-order valence-corrected chi connectivity index (χ3v) is 3.53. The van der Waals surface area contributed by atoms with Crippen molar-refractivity contribution in [3.63, 3.8) is 0 Å². The summed E-state index contributed by atoms with van der Waals surface area (Å²) in [6.45, 7) is -0.294. The van der Waals surface area contributed by atoms with E-state index in [1.807, 2.05) is 0 Å². The highest BCUT2D eigenvalue weighted by Crippen LogP contribution is 2.28. The van der Waals surface area contributed by atoms with Crippen molar-refractivity contribution in [2.45, 2.75) is 0 Å². The molecular weight excluding hydrogens is 380 g/mol. The second-order valence-corrected chi connectivity index (χ2v) is 5.49. The summed E-state index contributed by atoms with van der Waals surface area (Å²) in [5, 5.41) is 0. The Kier molecular flexibility index (Phi) is 6.20. The molecule has 24 heavy (non-hydrogen) atoms. The van der Waals surface area contributed by atoms with E-state index >= 15 is 0 Å². The number of methoxy groups -OCH3 is 2. The van der Waals surface area contributed by atoms with Gasteiger partial charge in [-0.15, -0.1) is 0 Å². The van der Waals surface area contributed by atoms with Crippen LogP contribution in [0.1, 0.15) is 10.4 Å². The minimum absolute atomic E-state index is 0.244. The molecule has 2 rings (SSSR count). The third kappa shape index (κ3) is 4.73. The Morgan fingerprint density at radius 3 is 2.33 bits per heavy atom. The molecule has 7 heteroatoms. The Morgan fingerprint density at radius 1 is 1.00 bits per heavy atom. The average molecular weight is 395 g/mol. The molecule has 6 nitrogen and oxygen atoms in total. The Labute approximate surface area is 147 Å². The second-order valence-electron chi connectivity index (χ2n) is 4.57. The van der Waals surface area contributed by atoms with Crippen LogP contribution in [0.2, 0.25) is 0 Å². The van der Waals surface area contributed by atoms with Crippen LogP contribution >= 0.6 is 15.9 Å². The van der Waals surface area contributed by atoms with Crippen LogP contribution in [0, 0.1) is 0 Å². The van der Waals surface area contributed by atoms with Crippen LogP contribution in [0.25, 0.3) is 0 Å². The van der Waals surface area contributed by atoms with E-state index in [2.05, 4.69) is 20.7 Å². The lowest BCUT2D eigenvalue weighted by molar-refractivity contribution is -0.142. The molecule has 0 N–H and O–H groups in total. The van der Waals surface area contributed by atoms with Gasteiger partial charge in [-0.1, -0.05) is 15.9 Å². The van der Waals surface area contributed by atoms with Crippen molar-refractivity contribution >= 4 is 27.9 Å². The molecule has 126 valence electrons. The first-order valence-electron chi connectivity index (χ1n) is 6.89. The summed E-state index contributed by atoms with van der Waals surface area (Å²) in [6, 6.07) is 11.4. The predicted molar refractivity (Wildman–Crippen MR) is 89.6 cm³/mol. The summed E-state index contributed by atoms with van der Waals surface area (Å²) in [5.74, 6) is -0.0499. The molecule has 0 bridgehead atoms. The van der Waals surface area contributed by atoms with Crippen molar-refractivity contribution in [2.75, 3.05) is 20.8 Å². The van der Waals surface area contributed by atoms with Gasteiger partial charge in [0.1, 0.15) is 5.75 Å². The lowest BCUT2D eigenvalue weighted by Gasteiger charge is -2.11. The van der Waals surface area contributed by atoms with Gasteiger partial charge in [0.25, 0.3) is 0 Å². The van der Waals surface area contributed by atoms with Crippen molar-refractivity contribution in [3.05, 3.63) is 52.5 Å². The molecule has 0 saturated carbocycles. The Balaban J connectivity index is 2.15. The van der Waals surface area contributed by atoms with E-state index in [9.17, 15) is 9.59 Å². The Bertz CT molecular complexity index is 726. The van der Waals surface area contributed by atoms with Crippen LogP contribution in [-0.4, -0.2) is 32.8 Å². The van der Waals surface area contributed by atoms with Gasteiger partial charge in [0.05, 0.1) is 19.8 Å². The molecule has 2 aromatic carbocycles. The normalized spacial score (nSPS) is 9.96. The monoisotopic (exact) mass is 394 g/mol. The van der Waals surface area contributed by atoms with Crippen molar-refractivity contribution < 1.29 is 28.5 Å². The van der Waals surface area contributed by atoms with E-state index in [0.29, 0.717) is 11.5 Å². The van der Waals surface area contributed by atoms with E-state index in [-0.39, 0.29) is 17.9 Å². The fraction of sp³-hybridized carbons (Fsp3) is 0.176. The number of carbonyl (C=O) groups is 2. The Hall–Kier alpha value is -2.54. The largest absolute Gasteiger partial charge is 0.493 e. The molecule has 2 aromatic rings. The standard InChI is InChI=1S/C17H15BrO6/c1-21-14-8-3-11(9-15(14)23-10-16(19)22-2)17(20)24-13-6-4-12(18)5-7-13/h3-9H,10H2,1-2H3. The first-order chi connectivity index (χ1) is 11.5. The molecule has 0 spiro atoms. The Morgan fingerprint density at radius 2 is 1.71 bits per heavy atom. The first-order valence-corrected chi connectivity index (χ1v) is 7.68. The molecular formula is C17H15BrO6. The molecule has 0 aliphatic carbocycles. The summed E-state index contributed by atoms with van der Waals surface area (Å²) >= 11 is 3.31. The number of ether oxygens (including phenoxy) is 4. The summed E-state index contributed by atoms with van der Waals surface area (Å²) in [5.41, 5.74) is 0.263. The molecule has 0 amide bonds. The number of esters is 2. The maximum absolute atomic E-state index is 12.2. The molecule has 0 radical (unpaired) electrons. The average Bonchev–Trinajstić information content (AvgIpc) is 2.61. The zero-order valence-electron chi connectivity index (χ0n) is 13.1. The molecule has 0 aliphatic heterocycles. The molecule has 0 aromatic heterocycles. The van der Waals surface area contributed by atoms with Crippen LogP contribution in [0.15, 0.2) is 46.9 Å². The van der Waals surface area contributed by atoms with Crippen molar-refractivity contribution in [1.29, 1.82) is 0 Å². The molecule has 0 fully saturated rings. The second kappa shape index (κ2) is 8.35. The fourth-order valence-electron chi connectivity index (χ4n) is 1.78. The number of rotatable bonds is 6. The van der Waals surface area contributed by atoms with Crippen molar-refractivity contribution in [3.8, 4) is 17.2 Å². The highest BCUT2D eigenvalue weighted by Gasteiger charge is 2.14. The summed E-state index contributed by atoms with van der Waals surface area (Å²) < 4.78 is 21.1. The highest BCUT2D eigenvalue weighted by atomic mass is 79.9. The molecule has 0 atom stereocenters. The molecule has 0 saturated heterocycles. The van der Waals surface area contributed by atoms with Crippen LogP contribution < -0.4 is 14.2 Å². The SMILES string of the molecule is COC(=O)COc1cc(C(=O)Oc2ccc(Br)cc2)ccc1OC. The third-order valence-electron chi connectivity index (χ3n) is 3.00. The summed E-state index contributed by atoms with van der Waals surface area (Å²) in [7, 11) is 2.72. The van der Waals surface area contributed by atoms with E-state index in [1.54, 1.807) is 36.4 Å². The van der Waals surface area contributed by atoms with Gasteiger partial charge < -0.3 is 18.9 Å². The molecule has 0 heterocycles. The van der Waals surface area contributed by atoms with Gasteiger partial charge in [-0.25, -0.2) is 9.59 Å². The van der Waals surface area contributed by atoms with Gasteiger partial charge in [-0.3, -0.25) is 0 Å². The van der Waals surface area contributed by atoms with Crippen LogP contribution in [0.4, 0.5) is 0 Å². The number of benzene rings is 2.